The summed E-state index contributed by atoms with van der Waals surface area (Å²) in [5.74, 6) is 1.37. The predicted octanol–water partition coefficient (Wildman–Crippen LogP) is 1.59. The number of carbonyl (C=O) groups is 1. The van der Waals surface area contributed by atoms with Crippen LogP contribution in [0.25, 0.3) is 0 Å². The standard InChI is InChI=1S/C13H18NO3/c1-4-13(15)14-8-7-10-5-6-11(16-2)12(9-10)17-3/h4-6,9H,7-8H2,1-3H3,(H,14,15). The van der Waals surface area contributed by atoms with Crippen molar-refractivity contribution in [2.45, 2.75) is 13.3 Å². The second-order valence-electron chi connectivity index (χ2n) is 3.52. The molecule has 0 bridgehead atoms. The number of benzene rings is 1. The fraction of sp³-hybridized carbons (Fsp3) is 0.385. The summed E-state index contributed by atoms with van der Waals surface area (Å²) in [6, 6.07) is 5.74. The van der Waals surface area contributed by atoms with Gasteiger partial charge < -0.3 is 14.8 Å². The molecule has 17 heavy (non-hydrogen) atoms. The summed E-state index contributed by atoms with van der Waals surface area (Å²) in [6.45, 7) is 2.32. The van der Waals surface area contributed by atoms with Crippen molar-refractivity contribution in [3.05, 3.63) is 30.2 Å². The molecule has 1 radical (unpaired) electrons. The Bertz CT molecular complexity index is 377. The van der Waals surface area contributed by atoms with E-state index in [1.165, 1.54) is 6.42 Å². The predicted molar refractivity (Wildman–Crippen MR) is 66.2 cm³/mol. The number of hydrogen-bond acceptors (Lipinski definition) is 3. The van der Waals surface area contributed by atoms with Gasteiger partial charge in [0, 0.05) is 13.0 Å². The molecule has 0 aliphatic carbocycles. The highest BCUT2D eigenvalue weighted by atomic mass is 16.5. The van der Waals surface area contributed by atoms with Gasteiger partial charge in [0.2, 0.25) is 5.91 Å². The summed E-state index contributed by atoms with van der Waals surface area (Å²) in [7, 11) is 3.21. The quantitative estimate of drug-likeness (QED) is 0.816. The first kappa shape index (κ1) is 13.4. The highest BCUT2D eigenvalue weighted by molar-refractivity contribution is 5.83. The number of nitrogens with one attached hydrogen (secondary N) is 1. The summed E-state index contributed by atoms with van der Waals surface area (Å²) in [5.41, 5.74) is 1.10. The molecule has 1 aromatic rings. The monoisotopic (exact) mass is 236 g/mol. The molecule has 93 valence electrons. The summed E-state index contributed by atoms with van der Waals surface area (Å²) in [6.07, 6.45) is 2.27. The van der Waals surface area contributed by atoms with Crippen molar-refractivity contribution in [2.75, 3.05) is 20.8 Å². The van der Waals surface area contributed by atoms with E-state index in [2.05, 4.69) is 5.32 Å². The second kappa shape index (κ2) is 6.78. The van der Waals surface area contributed by atoms with Gasteiger partial charge in [-0.3, -0.25) is 4.79 Å². The van der Waals surface area contributed by atoms with E-state index in [1.54, 1.807) is 21.1 Å². The van der Waals surface area contributed by atoms with E-state index in [0.29, 0.717) is 18.0 Å². The van der Waals surface area contributed by atoms with Crippen molar-refractivity contribution >= 4 is 5.91 Å². The minimum Gasteiger partial charge on any atom is -0.493 e. The molecule has 0 saturated carbocycles. The van der Waals surface area contributed by atoms with Gasteiger partial charge in [-0.25, -0.2) is 0 Å². The minimum absolute atomic E-state index is 0.0505. The number of hydrogen-bond donors (Lipinski definition) is 1. The lowest BCUT2D eigenvalue weighted by atomic mass is 10.1. The van der Waals surface area contributed by atoms with Gasteiger partial charge in [0.1, 0.15) is 0 Å². The van der Waals surface area contributed by atoms with Crippen LogP contribution in [0.4, 0.5) is 0 Å². The Morgan fingerprint density at radius 2 is 2.00 bits per heavy atom. The zero-order valence-electron chi connectivity index (χ0n) is 10.4. The Morgan fingerprint density at radius 3 is 2.59 bits per heavy atom. The Labute approximate surface area is 102 Å². The van der Waals surface area contributed by atoms with Crippen LogP contribution in [0, 0.1) is 6.42 Å². The molecule has 1 amide bonds. The molecule has 0 aliphatic rings. The molecule has 1 aromatic carbocycles. The van der Waals surface area contributed by atoms with Crippen molar-refractivity contribution in [3.63, 3.8) is 0 Å². The maximum atomic E-state index is 11.0. The van der Waals surface area contributed by atoms with E-state index >= 15 is 0 Å². The van der Waals surface area contributed by atoms with Crippen LogP contribution in [0.3, 0.4) is 0 Å². The van der Waals surface area contributed by atoms with Crippen molar-refractivity contribution in [1.82, 2.24) is 5.32 Å². The van der Waals surface area contributed by atoms with Gasteiger partial charge in [-0.1, -0.05) is 13.0 Å². The molecule has 1 rings (SSSR count). The first-order chi connectivity index (χ1) is 8.21. The fourth-order valence-corrected chi connectivity index (χ4v) is 1.47. The van der Waals surface area contributed by atoms with Crippen molar-refractivity contribution < 1.29 is 14.3 Å². The minimum atomic E-state index is -0.0505. The van der Waals surface area contributed by atoms with E-state index in [9.17, 15) is 4.79 Å². The topological polar surface area (TPSA) is 47.6 Å². The van der Waals surface area contributed by atoms with Gasteiger partial charge in [-0.2, -0.15) is 0 Å². The Hall–Kier alpha value is -1.71. The smallest absolute Gasteiger partial charge is 0.223 e. The largest absolute Gasteiger partial charge is 0.493 e. The fourth-order valence-electron chi connectivity index (χ4n) is 1.47. The lowest BCUT2D eigenvalue weighted by Crippen LogP contribution is -2.24. The normalized spacial score (nSPS) is 9.82. The molecular weight excluding hydrogens is 218 g/mol. The van der Waals surface area contributed by atoms with Crippen LogP contribution in [0.5, 0.6) is 11.5 Å². The van der Waals surface area contributed by atoms with Crippen molar-refractivity contribution in [3.8, 4) is 11.5 Å². The van der Waals surface area contributed by atoms with Crippen LogP contribution in [-0.4, -0.2) is 26.7 Å². The average molecular weight is 236 g/mol. The van der Waals surface area contributed by atoms with Gasteiger partial charge >= 0.3 is 0 Å². The molecule has 0 saturated heterocycles. The Kier molecular flexibility index (Phi) is 5.33. The van der Waals surface area contributed by atoms with Crippen molar-refractivity contribution in [2.24, 2.45) is 0 Å². The average Bonchev–Trinajstić information content (AvgIpc) is 2.38. The third-order valence-electron chi connectivity index (χ3n) is 2.42. The van der Waals surface area contributed by atoms with Crippen LogP contribution in [-0.2, 0) is 11.2 Å². The molecule has 1 N–H and O–H groups in total. The van der Waals surface area contributed by atoms with E-state index in [4.69, 9.17) is 9.47 Å². The summed E-state index contributed by atoms with van der Waals surface area (Å²) >= 11 is 0. The zero-order chi connectivity index (χ0) is 12.7. The van der Waals surface area contributed by atoms with Gasteiger partial charge in [0.15, 0.2) is 11.5 Å². The zero-order valence-corrected chi connectivity index (χ0v) is 10.4. The molecule has 4 nitrogen and oxygen atoms in total. The van der Waals surface area contributed by atoms with E-state index < -0.39 is 0 Å². The lowest BCUT2D eigenvalue weighted by Gasteiger charge is -2.09. The molecule has 0 spiro atoms. The molecule has 4 heteroatoms. The number of rotatable bonds is 6. The van der Waals surface area contributed by atoms with E-state index in [0.717, 1.165) is 12.0 Å². The molecule has 0 atom stereocenters. The number of amides is 1. The molecule has 0 fully saturated rings. The number of methoxy groups -OCH3 is 2. The van der Waals surface area contributed by atoms with Crippen LogP contribution in [0.15, 0.2) is 18.2 Å². The van der Waals surface area contributed by atoms with Crippen LogP contribution in [0.2, 0.25) is 0 Å². The third-order valence-corrected chi connectivity index (χ3v) is 2.42. The van der Waals surface area contributed by atoms with Crippen LogP contribution in [0.1, 0.15) is 12.5 Å². The summed E-state index contributed by atoms with van der Waals surface area (Å²) in [5, 5.41) is 2.78. The third kappa shape index (κ3) is 3.98. The number of carbonyl (C=O) groups excluding carboxylic acids is 1. The molecule has 0 aliphatic heterocycles. The Morgan fingerprint density at radius 1 is 1.29 bits per heavy atom. The van der Waals surface area contributed by atoms with Crippen LogP contribution >= 0.6 is 0 Å². The van der Waals surface area contributed by atoms with Gasteiger partial charge in [0.25, 0.3) is 0 Å². The van der Waals surface area contributed by atoms with E-state index in [-0.39, 0.29) is 5.91 Å². The van der Waals surface area contributed by atoms with Gasteiger partial charge in [-0.15, -0.1) is 0 Å². The number of ether oxygens (including phenoxy) is 2. The molecular formula is C13H18NO3. The van der Waals surface area contributed by atoms with Gasteiger partial charge in [0.05, 0.1) is 14.2 Å². The molecule has 0 unspecified atom stereocenters. The highest BCUT2D eigenvalue weighted by Gasteiger charge is 2.04. The highest BCUT2D eigenvalue weighted by Crippen LogP contribution is 2.27. The molecule has 0 aromatic heterocycles. The SMILES string of the molecule is C[CH]C(=O)NCCc1ccc(OC)c(OC)c1. The van der Waals surface area contributed by atoms with Crippen molar-refractivity contribution in [1.29, 1.82) is 0 Å². The maximum Gasteiger partial charge on any atom is 0.223 e. The van der Waals surface area contributed by atoms with Crippen LogP contribution < -0.4 is 14.8 Å². The summed E-state index contributed by atoms with van der Waals surface area (Å²) < 4.78 is 10.4. The first-order valence-corrected chi connectivity index (χ1v) is 5.49. The molecule has 0 heterocycles. The first-order valence-electron chi connectivity index (χ1n) is 5.49. The second-order valence-corrected chi connectivity index (χ2v) is 3.52. The van der Waals surface area contributed by atoms with E-state index in [1.807, 2.05) is 18.2 Å². The summed E-state index contributed by atoms with van der Waals surface area (Å²) in [4.78, 5) is 11.0. The lowest BCUT2D eigenvalue weighted by molar-refractivity contribution is -0.117. The van der Waals surface area contributed by atoms with Gasteiger partial charge in [-0.05, 0) is 24.1 Å². The Balaban J connectivity index is 2.57. The maximum absolute atomic E-state index is 11.0.